The number of hydrogen-bond acceptors (Lipinski definition) is 4. The lowest BCUT2D eigenvalue weighted by atomic mass is 10.2. The van der Waals surface area contributed by atoms with Crippen molar-refractivity contribution in [3.05, 3.63) is 40.1 Å². The zero-order valence-electron chi connectivity index (χ0n) is 11.0. The van der Waals surface area contributed by atoms with E-state index in [-0.39, 0.29) is 11.5 Å². The van der Waals surface area contributed by atoms with Gasteiger partial charge in [-0.2, -0.15) is 0 Å². The van der Waals surface area contributed by atoms with Gasteiger partial charge in [0.2, 0.25) is 0 Å². The first-order valence-corrected chi connectivity index (χ1v) is 7.26. The van der Waals surface area contributed by atoms with Gasteiger partial charge in [-0.15, -0.1) is 5.10 Å². The van der Waals surface area contributed by atoms with Crippen molar-refractivity contribution in [3.63, 3.8) is 0 Å². The third-order valence-electron chi connectivity index (χ3n) is 3.22. The summed E-state index contributed by atoms with van der Waals surface area (Å²) in [6, 6.07) is 5.24. The van der Waals surface area contributed by atoms with Crippen molar-refractivity contribution in [1.82, 2.24) is 20.1 Å². The number of aromatic nitrogens is 3. The SMILES string of the molecule is Cn1c(Sc2ccc(F)cc2CNC2CC2)n[nH]c1=O. The van der Waals surface area contributed by atoms with Gasteiger partial charge in [0.1, 0.15) is 5.82 Å². The molecule has 7 heteroatoms. The van der Waals surface area contributed by atoms with E-state index in [0.717, 1.165) is 10.5 Å². The second-order valence-electron chi connectivity index (χ2n) is 4.88. The molecule has 20 heavy (non-hydrogen) atoms. The Balaban J connectivity index is 1.83. The van der Waals surface area contributed by atoms with E-state index in [1.165, 1.54) is 41.3 Å². The first-order valence-electron chi connectivity index (χ1n) is 6.44. The average molecular weight is 294 g/mol. The summed E-state index contributed by atoms with van der Waals surface area (Å²) >= 11 is 1.36. The maximum atomic E-state index is 13.4. The molecule has 0 saturated heterocycles. The van der Waals surface area contributed by atoms with E-state index >= 15 is 0 Å². The van der Waals surface area contributed by atoms with Crippen molar-refractivity contribution in [2.45, 2.75) is 35.5 Å². The minimum absolute atomic E-state index is 0.252. The van der Waals surface area contributed by atoms with Crippen LogP contribution in [0.4, 0.5) is 4.39 Å². The van der Waals surface area contributed by atoms with Gasteiger partial charge in [-0.05, 0) is 48.4 Å². The van der Waals surface area contributed by atoms with Gasteiger partial charge in [0.05, 0.1) is 0 Å². The van der Waals surface area contributed by atoms with Crippen LogP contribution in [0.1, 0.15) is 18.4 Å². The molecule has 1 saturated carbocycles. The first-order chi connectivity index (χ1) is 9.63. The van der Waals surface area contributed by atoms with Crippen LogP contribution in [0.25, 0.3) is 0 Å². The van der Waals surface area contributed by atoms with E-state index in [0.29, 0.717) is 17.7 Å². The molecular formula is C13H15FN4OS. The van der Waals surface area contributed by atoms with Gasteiger partial charge in [-0.3, -0.25) is 4.57 Å². The fourth-order valence-electron chi connectivity index (χ4n) is 1.85. The topological polar surface area (TPSA) is 62.7 Å². The zero-order chi connectivity index (χ0) is 14.1. The highest BCUT2D eigenvalue weighted by Crippen LogP contribution is 2.29. The van der Waals surface area contributed by atoms with Crippen molar-refractivity contribution >= 4 is 11.8 Å². The Bertz CT molecular complexity index is 677. The lowest BCUT2D eigenvalue weighted by Gasteiger charge is -2.09. The molecule has 2 N–H and O–H groups in total. The van der Waals surface area contributed by atoms with E-state index in [9.17, 15) is 9.18 Å². The fourth-order valence-corrected chi connectivity index (χ4v) is 2.76. The highest BCUT2D eigenvalue weighted by atomic mass is 32.2. The van der Waals surface area contributed by atoms with Crippen LogP contribution in [-0.2, 0) is 13.6 Å². The summed E-state index contributed by atoms with van der Waals surface area (Å²) < 4.78 is 14.8. The third kappa shape index (κ3) is 2.94. The molecule has 1 aliphatic carbocycles. The van der Waals surface area contributed by atoms with Crippen molar-refractivity contribution in [2.75, 3.05) is 0 Å². The molecular weight excluding hydrogens is 279 g/mol. The molecule has 0 aliphatic heterocycles. The molecule has 0 radical (unpaired) electrons. The standard InChI is InChI=1S/C13H15FN4OS/c1-18-12(19)16-17-13(18)20-11-5-2-9(14)6-8(11)7-15-10-3-4-10/h2,5-6,10,15H,3-4,7H2,1H3,(H,16,19). The largest absolute Gasteiger partial charge is 0.343 e. The maximum Gasteiger partial charge on any atom is 0.343 e. The molecule has 1 aromatic carbocycles. The van der Waals surface area contributed by atoms with Gasteiger partial charge in [0.25, 0.3) is 0 Å². The number of rotatable bonds is 5. The molecule has 1 aliphatic rings. The van der Waals surface area contributed by atoms with Crippen LogP contribution in [0.5, 0.6) is 0 Å². The molecule has 106 valence electrons. The Hall–Kier alpha value is -1.60. The lowest BCUT2D eigenvalue weighted by Crippen LogP contribution is -2.16. The maximum absolute atomic E-state index is 13.4. The van der Waals surface area contributed by atoms with Crippen LogP contribution in [0.3, 0.4) is 0 Å². The molecule has 2 aromatic rings. The number of halogens is 1. The Labute approximate surface area is 119 Å². The third-order valence-corrected chi connectivity index (χ3v) is 4.39. The summed E-state index contributed by atoms with van der Waals surface area (Å²) in [4.78, 5) is 12.3. The van der Waals surface area contributed by atoms with Crippen LogP contribution in [-0.4, -0.2) is 20.8 Å². The lowest BCUT2D eigenvalue weighted by molar-refractivity contribution is 0.615. The number of benzene rings is 1. The summed E-state index contributed by atoms with van der Waals surface area (Å²) in [6.45, 7) is 0.628. The van der Waals surface area contributed by atoms with Crippen LogP contribution >= 0.6 is 11.8 Å². The molecule has 5 nitrogen and oxygen atoms in total. The second kappa shape index (κ2) is 5.41. The molecule has 0 spiro atoms. The van der Waals surface area contributed by atoms with Crippen molar-refractivity contribution in [1.29, 1.82) is 0 Å². The number of aromatic amines is 1. The molecule has 0 unspecified atom stereocenters. The first kappa shape index (κ1) is 13.4. The van der Waals surface area contributed by atoms with E-state index in [2.05, 4.69) is 15.5 Å². The quantitative estimate of drug-likeness (QED) is 0.880. The summed E-state index contributed by atoms with van der Waals surface area (Å²) in [5, 5.41) is 10.3. The Morgan fingerprint density at radius 1 is 1.55 bits per heavy atom. The molecule has 0 amide bonds. The van der Waals surface area contributed by atoms with Gasteiger partial charge in [0, 0.05) is 24.5 Å². The highest BCUT2D eigenvalue weighted by molar-refractivity contribution is 7.99. The Morgan fingerprint density at radius 2 is 2.35 bits per heavy atom. The molecule has 3 rings (SSSR count). The van der Waals surface area contributed by atoms with Crippen LogP contribution < -0.4 is 11.0 Å². The van der Waals surface area contributed by atoms with Gasteiger partial charge in [0.15, 0.2) is 5.16 Å². The van der Waals surface area contributed by atoms with Crippen molar-refractivity contribution in [2.24, 2.45) is 7.05 Å². The van der Waals surface area contributed by atoms with Gasteiger partial charge in [-0.25, -0.2) is 14.3 Å². The predicted octanol–water partition coefficient (Wildman–Crippen LogP) is 1.65. The smallest absolute Gasteiger partial charge is 0.310 e. The average Bonchev–Trinajstić information content (AvgIpc) is 3.21. The predicted molar refractivity (Wildman–Crippen MR) is 74.2 cm³/mol. The monoisotopic (exact) mass is 294 g/mol. The van der Waals surface area contributed by atoms with E-state index in [1.54, 1.807) is 13.1 Å². The minimum atomic E-state index is -0.257. The molecule has 0 atom stereocenters. The van der Waals surface area contributed by atoms with Crippen LogP contribution in [0, 0.1) is 5.82 Å². The number of hydrogen-bond donors (Lipinski definition) is 2. The highest BCUT2D eigenvalue weighted by Gasteiger charge is 2.21. The molecule has 0 bridgehead atoms. The molecule has 1 fully saturated rings. The summed E-state index contributed by atoms with van der Waals surface area (Å²) in [6.07, 6.45) is 2.37. The van der Waals surface area contributed by atoms with Crippen LogP contribution in [0.15, 0.2) is 33.0 Å². The van der Waals surface area contributed by atoms with E-state index < -0.39 is 0 Å². The van der Waals surface area contributed by atoms with Crippen LogP contribution in [0.2, 0.25) is 0 Å². The number of nitrogens with zero attached hydrogens (tertiary/aromatic N) is 2. The van der Waals surface area contributed by atoms with Gasteiger partial charge < -0.3 is 5.32 Å². The Morgan fingerprint density at radius 3 is 3.00 bits per heavy atom. The number of nitrogens with one attached hydrogen (secondary N) is 2. The summed E-state index contributed by atoms with van der Waals surface area (Å²) in [5.74, 6) is -0.252. The van der Waals surface area contributed by atoms with Crippen molar-refractivity contribution < 1.29 is 4.39 Å². The summed E-state index contributed by atoms with van der Waals surface area (Å²) in [5.41, 5.74) is 0.629. The van der Waals surface area contributed by atoms with Gasteiger partial charge >= 0.3 is 5.69 Å². The molecule has 1 aromatic heterocycles. The zero-order valence-corrected chi connectivity index (χ0v) is 11.8. The normalized spacial score (nSPS) is 14.7. The van der Waals surface area contributed by atoms with Gasteiger partial charge in [-0.1, -0.05) is 0 Å². The second-order valence-corrected chi connectivity index (χ2v) is 5.89. The van der Waals surface area contributed by atoms with E-state index in [4.69, 9.17) is 0 Å². The van der Waals surface area contributed by atoms with Crippen molar-refractivity contribution in [3.8, 4) is 0 Å². The fraction of sp³-hybridized carbons (Fsp3) is 0.385. The Kier molecular flexibility index (Phi) is 3.62. The molecule has 1 heterocycles. The number of H-pyrrole nitrogens is 1. The summed E-state index contributed by atoms with van der Waals surface area (Å²) in [7, 11) is 1.65. The van der Waals surface area contributed by atoms with E-state index in [1.807, 2.05) is 0 Å². The minimum Gasteiger partial charge on any atom is -0.310 e.